The zero-order valence-electron chi connectivity index (χ0n) is 15.2. The monoisotopic (exact) mass is 385 g/mol. The molecule has 1 aliphatic heterocycles. The van der Waals surface area contributed by atoms with Gasteiger partial charge in [0, 0.05) is 11.1 Å². The molecule has 1 heterocycles. The predicted molar refractivity (Wildman–Crippen MR) is 104 cm³/mol. The number of halogens is 1. The number of amides is 1. The van der Waals surface area contributed by atoms with Crippen LogP contribution in [0.5, 0.6) is 5.75 Å². The van der Waals surface area contributed by atoms with Crippen LogP contribution in [-0.4, -0.2) is 41.6 Å². The molecule has 1 saturated carbocycles. The maximum absolute atomic E-state index is 12.5. The number of benzene rings is 1. The number of rotatable bonds is 5. The average Bonchev–Trinajstić information content (AvgIpc) is 3.12. The molecule has 1 aliphatic carbocycles. The fraction of sp³-hybridized carbons (Fsp3) is 0.524. The van der Waals surface area contributed by atoms with Crippen molar-refractivity contribution in [1.82, 2.24) is 10.2 Å². The fourth-order valence-electron chi connectivity index (χ4n) is 3.86. The van der Waals surface area contributed by atoms with Crippen LogP contribution in [-0.2, 0) is 4.79 Å². The lowest BCUT2D eigenvalue weighted by Crippen LogP contribution is -2.47. The molecule has 1 unspecified atom stereocenters. The minimum Gasteiger partial charge on any atom is -0.490 e. The zero-order valence-corrected chi connectivity index (χ0v) is 16.0. The molecule has 1 aromatic rings. The van der Waals surface area contributed by atoms with Crippen LogP contribution in [0.25, 0.3) is 0 Å². The van der Waals surface area contributed by atoms with Crippen molar-refractivity contribution in [3.05, 3.63) is 29.3 Å². The van der Waals surface area contributed by atoms with Crippen molar-refractivity contribution in [2.75, 3.05) is 6.54 Å². The summed E-state index contributed by atoms with van der Waals surface area (Å²) in [6, 6.07) is 9.23. The fourth-order valence-corrected chi connectivity index (χ4v) is 3.99. The minimum absolute atomic E-state index is 0.0819. The molecule has 1 N–H and O–H groups in total. The number of likely N-dealkylation sites (tertiary alicyclic amines) is 1. The van der Waals surface area contributed by atoms with E-state index in [9.17, 15) is 10.1 Å². The lowest BCUT2D eigenvalue weighted by molar-refractivity contribution is -0.131. The average molecular weight is 386 g/mol. The molecule has 2 atom stereocenters. The highest BCUT2D eigenvalue weighted by Crippen LogP contribution is 2.26. The van der Waals surface area contributed by atoms with Gasteiger partial charge in [0.15, 0.2) is 0 Å². The molecule has 0 aromatic heterocycles. The van der Waals surface area contributed by atoms with E-state index in [2.05, 4.69) is 17.3 Å². The smallest absolute Gasteiger partial charge is 0.238 e. The Bertz CT molecular complexity index is 707. The minimum atomic E-state index is -0.399. The van der Waals surface area contributed by atoms with Gasteiger partial charge in [0.2, 0.25) is 5.91 Å². The quantitative estimate of drug-likeness (QED) is 0.791. The molecule has 27 heavy (non-hydrogen) atoms. The van der Waals surface area contributed by atoms with Gasteiger partial charge in [-0.1, -0.05) is 17.5 Å². The van der Waals surface area contributed by atoms with Crippen LogP contribution in [0.3, 0.4) is 0 Å². The molecular weight excluding hydrogens is 362 g/mol. The number of hydrogen-bond acceptors (Lipinski definition) is 4. The molecule has 5 nitrogen and oxygen atoms in total. The van der Waals surface area contributed by atoms with Crippen LogP contribution in [0.4, 0.5) is 0 Å². The van der Waals surface area contributed by atoms with Crippen LogP contribution in [0, 0.1) is 23.7 Å². The maximum Gasteiger partial charge on any atom is 0.238 e. The lowest BCUT2D eigenvalue weighted by atomic mass is 9.93. The second-order valence-electron chi connectivity index (χ2n) is 7.13. The molecular formula is C21H24ClN3O2. The van der Waals surface area contributed by atoms with E-state index in [0.29, 0.717) is 17.9 Å². The van der Waals surface area contributed by atoms with Gasteiger partial charge in [0.05, 0.1) is 24.8 Å². The summed E-state index contributed by atoms with van der Waals surface area (Å²) in [7, 11) is 0. The van der Waals surface area contributed by atoms with Gasteiger partial charge in [-0.15, -0.1) is 6.42 Å². The molecule has 1 saturated heterocycles. The molecule has 2 aliphatic rings. The third-order valence-corrected chi connectivity index (χ3v) is 5.60. The Balaban J connectivity index is 1.43. The number of terminal acetylenes is 1. The Morgan fingerprint density at radius 2 is 1.85 bits per heavy atom. The number of hydrogen-bond donors (Lipinski definition) is 1. The summed E-state index contributed by atoms with van der Waals surface area (Å²) < 4.78 is 6.00. The highest BCUT2D eigenvalue weighted by molar-refractivity contribution is 6.30. The van der Waals surface area contributed by atoms with E-state index in [1.54, 1.807) is 4.90 Å². The van der Waals surface area contributed by atoms with Crippen molar-refractivity contribution in [1.29, 1.82) is 5.26 Å². The first-order valence-electron chi connectivity index (χ1n) is 9.43. The van der Waals surface area contributed by atoms with E-state index >= 15 is 0 Å². The topological polar surface area (TPSA) is 65.4 Å². The van der Waals surface area contributed by atoms with E-state index in [1.165, 1.54) is 0 Å². The van der Waals surface area contributed by atoms with Crippen LogP contribution < -0.4 is 10.1 Å². The molecule has 0 spiro atoms. The number of nitrogens with one attached hydrogen (secondary N) is 1. The SMILES string of the molecule is C#CC1CC[C@@H](C#N)N1C(=O)CNC1CCC(Oc2ccc(Cl)cc2)CC1. The first-order valence-corrected chi connectivity index (χ1v) is 9.81. The summed E-state index contributed by atoms with van der Waals surface area (Å²) in [4.78, 5) is 14.1. The zero-order chi connectivity index (χ0) is 19.2. The number of ether oxygens (including phenoxy) is 1. The predicted octanol–water partition coefficient (Wildman–Crippen LogP) is 3.14. The molecule has 2 fully saturated rings. The Morgan fingerprint density at radius 3 is 2.48 bits per heavy atom. The number of carbonyl (C=O) groups excluding carboxylic acids is 1. The number of nitriles is 1. The van der Waals surface area contributed by atoms with Crippen molar-refractivity contribution in [2.45, 2.75) is 62.8 Å². The van der Waals surface area contributed by atoms with Crippen molar-refractivity contribution in [3.8, 4) is 24.2 Å². The highest BCUT2D eigenvalue weighted by atomic mass is 35.5. The van der Waals surface area contributed by atoms with Gasteiger partial charge < -0.3 is 15.0 Å². The maximum atomic E-state index is 12.5. The Morgan fingerprint density at radius 1 is 1.19 bits per heavy atom. The van der Waals surface area contributed by atoms with Gasteiger partial charge in [0.25, 0.3) is 0 Å². The molecule has 0 radical (unpaired) electrons. The van der Waals surface area contributed by atoms with Crippen LogP contribution in [0.15, 0.2) is 24.3 Å². The van der Waals surface area contributed by atoms with E-state index in [-0.39, 0.29) is 30.6 Å². The van der Waals surface area contributed by atoms with Gasteiger partial charge in [-0.25, -0.2) is 0 Å². The summed E-state index contributed by atoms with van der Waals surface area (Å²) in [6.45, 7) is 0.226. The van der Waals surface area contributed by atoms with Gasteiger partial charge in [-0.3, -0.25) is 4.79 Å². The third-order valence-electron chi connectivity index (χ3n) is 5.35. The van der Waals surface area contributed by atoms with E-state index < -0.39 is 6.04 Å². The van der Waals surface area contributed by atoms with Gasteiger partial charge >= 0.3 is 0 Å². The summed E-state index contributed by atoms with van der Waals surface area (Å²) in [5.74, 6) is 3.39. The number of nitrogens with zero attached hydrogens (tertiary/aromatic N) is 2. The summed E-state index contributed by atoms with van der Waals surface area (Å²) in [6.07, 6.45) is 10.8. The van der Waals surface area contributed by atoms with Crippen molar-refractivity contribution >= 4 is 17.5 Å². The summed E-state index contributed by atoms with van der Waals surface area (Å²) in [5, 5.41) is 13.3. The summed E-state index contributed by atoms with van der Waals surface area (Å²) >= 11 is 5.89. The third kappa shape index (κ3) is 4.95. The molecule has 0 bridgehead atoms. The molecule has 1 aromatic carbocycles. The summed E-state index contributed by atoms with van der Waals surface area (Å²) in [5.41, 5.74) is 0. The highest BCUT2D eigenvalue weighted by Gasteiger charge is 2.36. The standard InChI is InChI=1S/C21H24ClN3O2/c1-2-17-7-8-18(13-23)25(17)21(26)14-24-16-5-11-20(12-6-16)27-19-9-3-15(22)4-10-19/h1,3-4,9-10,16-18,20,24H,5-8,11-12,14H2/t16?,17?,18-,20?/m0/s1. The van der Waals surface area contributed by atoms with Crippen molar-refractivity contribution in [2.24, 2.45) is 0 Å². The van der Waals surface area contributed by atoms with E-state index in [1.807, 2.05) is 24.3 Å². The first kappa shape index (κ1) is 19.5. The van der Waals surface area contributed by atoms with Gasteiger partial charge in [-0.05, 0) is 62.8 Å². The van der Waals surface area contributed by atoms with Crippen LogP contribution in [0.1, 0.15) is 38.5 Å². The van der Waals surface area contributed by atoms with E-state index in [0.717, 1.165) is 31.4 Å². The van der Waals surface area contributed by atoms with Crippen molar-refractivity contribution in [3.63, 3.8) is 0 Å². The molecule has 1 amide bonds. The van der Waals surface area contributed by atoms with Crippen LogP contribution in [0.2, 0.25) is 5.02 Å². The molecule has 3 rings (SSSR count). The van der Waals surface area contributed by atoms with Crippen LogP contribution >= 0.6 is 11.6 Å². The Labute approximate surface area is 165 Å². The van der Waals surface area contributed by atoms with Crippen molar-refractivity contribution < 1.29 is 9.53 Å². The number of carbonyl (C=O) groups is 1. The largest absolute Gasteiger partial charge is 0.490 e. The normalized spacial score (nSPS) is 27.6. The molecule has 6 heteroatoms. The lowest BCUT2D eigenvalue weighted by Gasteiger charge is -2.30. The second-order valence-corrected chi connectivity index (χ2v) is 7.57. The van der Waals surface area contributed by atoms with Gasteiger partial charge in [0.1, 0.15) is 11.8 Å². The Kier molecular flexibility index (Phi) is 6.61. The second kappa shape index (κ2) is 9.13. The Hall–Kier alpha value is -2.21. The molecule has 142 valence electrons. The van der Waals surface area contributed by atoms with Gasteiger partial charge in [-0.2, -0.15) is 5.26 Å². The van der Waals surface area contributed by atoms with E-state index in [4.69, 9.17) is 22.8 Å². The first-order chi connectivity index (χ1) is 13.1.